The Hall–Kier alpha value is -2.00. The van der Waals surface area contributed by atoms with E-state index in [1.807, 2.05) is 10.9 Å². The van der Waals surface area contributed by atoms with E-state index in [-0.39, 0.29) is 12.0 Å². The number of aliphatic hydroxyl groups is 1. The molecule has 0 radical (unpaired) electrons. The topological polar surface area (TPSA) is 71.8 Å². The summed E-state index contributed by atoms with van der Waals surface area (Å²) in [6.45, 7) is 10.6. The van der Waals surface area contributed by atoms with E-state index in [4.69, 9.17) is 21.1 Å². The number of nitrogens with zero attached hydrogens (tertiary/aromatic N) is 3. The van der Waals surface area contributed by atoms with Crippen LogP contribution in [0.4, 0.5) is 0 Å². The van der Waals surface area contributed by atoms with Crippen LogP contribution in [-0.4, -0.2) is 77.6 Å². The van der Waals surface area contributed by atoms with E-state index in [0.29, 0.717) is 18.2 Å². The fourth-order valence-corrected chi connectivity index (χ4v) is 5.30. The van der Waals surface area contributed by atoms with E-state index in [9.17, 15) is 5.11 Å². The number of hydrogen-bond donors (Lipinski definition) is 2. The van der Waals surface area contributed by atoms with Gasteiger partial charge in [-0.15, -0.1) is 0 Å². The van der Waals surface area contributed by atoms with Crippen molar-refractivity contribution < 1.29 is 14.6 Å². The number of allylic oxidation sites excluding steroid dienone is 2. The molecule has 0 amide bonds. The SMILES string of the molecule is Cc1ccccc1C1=CC=CC(OCCCNCCn2cc(Cl)cn2)(OCCCN2CC[C@@H](O)C2)C1C. The van der Waals surface area contributed by atoms with Gasteiger partial charge in [0, 0.05) is 38.3 Å². The number of β-amino-alcohol motifs (C(OH)–C–C–N with tert-alkyl or cyclic N) is 1. The third-order valence-corrected chi connectivity index (χ3v) is 7.46. The van der Waals surface area contributed by atoms with E-state index >= 15 is 0 Å². The van der Waals surface area contributed by atoms with Gasteiger partial charge in [0.15, 0.2) is 5.79 Å². The molecule has 202 valence electrons. The summed E-state index contributed by atoms with van der Waals surface area (Å²) in [5.41, 5.74) is 3.72. The second kappa shape index (κ2) is 13.7. The Bertz CT molecular complexity index is 1060. The number of ether oxygens (including phenoxy) is 2. The molecular formula is C29H41ClN4O3. The van der Waals surface area contributed by atoms with Crippen LogP contribution >= 0.6 is 11.6 Å². The first-order chi connectivity index (χ1) is 18.0. The molecular weight excluding hydrogens is 488 g/mol. The molecule has 3 atom stereocenters. The summed E-state index contributed by atoms with van der Waals surface area (Å²) in [6.07, 6.45) is 12.3. The molecule has 1 aromatic carbocycles. The lowest BCUT2D eigenvalue weighted by atomic mass is 9.82. The van der Waals surface area contributed by atoms with Crippen LogP contribution < -0.4 is 5.32 Å². The van der Waals surface area contributed by atoms with E-state index < -0.39 is 5.79 Å². The first-order valence-corrected chi connectivity index (χ1v) is 13.9. The number of aromatic nitrogens is 2. The standard InChI is InChI=1S/C29H41ClN4O3/c1-23-8-3-4-9-27(23)28-10-5-12-29(24(28)2,37-19-7-15-33-16-11-26(35)22-33)36-18-6-13-31-14-17-34-21-25(30)20-32-34/h3-5,8-10,12,20-21,24,26,31,35H,6-7,11,13-19,22H2,1-2H3/t24?,26-,29?/m1/s1. The van der Waals surface area contributed by atoms with Gasteiger partial charge in [0.2, 0.25) is 0 Å². The third-order valence-electron chi connectivity index (χ3n) is 7.27. The molecule has 2 unspecified atom stereocenters. The minimum Gasteiger partial charge on any atom is -0.392 e. The van der Waals surface area contributed by atoms with Gasteiger partial charge in [-0.25, -0.2) is 0 Å². The van der Waals surface area contributed by atoms with Crippen LogP contribution in [0.25, 0.3) is 5.57 Å². The van der Waals surface area contributed by atoms with Crippen LogP contribution in [-0.2, 0) is 16.0 Å². The predicted molar refractivity (Wildman–Crippen MR) is 148 cm³/mol. The molecule has 4 rings (SSSR count). The Labute approximate surface area is 226 Å². The van der Waals surface area contributed by atoms with Gasteiger partial charge >= 0.3 is 0 Å². The molecule has 8 heteroatoms. The molecule has 2 heterocycles. The minimum absolute atomic E-state index is 0.0460. The Morgan fingerprint density at radius 3 is 2.70 bits per heavy atom. The molecule has 2 aromatic rings. The number of likely N-dealkylation sites (tertiary alicyclic amines) is 1. The summed E-state index contributed by atoms with van der Waals surface area (Å²) in [5, 5.41) is 18.1. The molecule has 7 nitrogen and oxygen atoms in total. The molecule has 2 N–H and O–H groups in total. The van der Waals surface area contributed by atoms with Crippen molar-refractivity contribution in [1.29, 1.82) is 0 Å². The Balaban J connectivity index is 1.31. The van der Waals surface area contributed by atoms with Gasteiger partial charge in [0.25, 0.3) is 0 Å². The average Bonchev–Trinajstić information content (AvgIpc) is 3.50. The zero-order valence-corrected chi connectivity index (χ0v) is 22.9. The Morgan fingerprint density at radius 1 is 1.16 bits per heavy atom. The Kier molecular flexibility index (Phi) is 10.4. The maximum absolute atomic E-state index is 9.81. The van der Waals surface area contributed by atoms with E-state index in [0.717, 1.165) is 58.5 Å². The molecule has 1 aromatic heterocycles. The lowest BCUT2D eigenvalue weighted by Gasteiger charge is -2.40. The fraction of sp³-hybridized carbons (Fsp3) is 0.552. The number of aryl methyl sites for hydroxylation is 1. The van der Waals surface area contributed by atoms with Crippen molar-refractivity contribution in [2.75, 3.05) is 45.9 Å². The number of halogens is 1. The molecule has 0 spiro atoms. The highest BCUT2D eigenvalue weighted by Crippen LogP contribution is 2.40. The first-order valence-electron chi connectivity index (χ1n) is 13.5. The molecule has 1 aliphatic heterocycles. The number of rotatable bonds is 14. The smallest absolute Gasteiger partial charge is 0.194 e. The van der Waals surface area contributed by atoms with Crippen molar-refractivity contribution in [3.63, 3.8) is 0 Å². The van der Waals surface area contributed by atoms with Crippen LogP contribution in [0.1, 0.15) is 37.3 Å². The third kappa shape index (κ3) is 7.76. The first kappa shape index (κ1) is 28.0. The highest BCUT2D eigenvalue weighted by Gasteiger charge is 2.40. The number of aliphatic hydroxyl groups excluding tert-OH is 1. The van der Waals surface area contributed by atoms with Crippen LogP contribution in [0.3, 0.4) is 0 Å². The number of hydrogen-bond acceptors (Lipinski definition) is 6. The van der Waals surface area contributed by atoms with Crippen molar-refractivity contribution >= 4 is 17.2 Å². The lowest BCUT2D eigenvalue weighted by Crippen LogP contribution is -2.43. The van der Waals surface area contributed by atoms with Gasteiger partial charge in [-0.1, -0.05) is 54.9 Å². The monoisotopic (exact) mass is 528 g/mol. The molecule has 2 aliphatic rings. The molecule has 0 bridgehead atoms. The summed E-state index contributed by atoms with van der Waals surface area (Å²) in [7, 11) is 0. The summed E-state index contributed by atoms with van der Waals surface area (Å²) in [5.74, 6) is -0.757. The minimum atomic E-state index is -0.803. The largest absolute Gasteiger partial charge is 0.392 e. The second-order valence-corrected chi connectivity index (χ2v) is 10.5. The van der Waals surface area contributed by atoms with Gasteiger partial charge < -0.3 is 24.8 Å². The Morgan fingerprint density at radius 2 is 1.97 bits per heavy atom. The number of nitrogens with one attached hydrogen (secondary N) is 1. The maximum Gasteiger partial charge on any atom is 0.194 e. The second-order valence-electron chi connectivity index (χ2n) is 10.1. The summed E-state index contributed by atoms with van der Waals surface area (Å²) < 4.78 is 15.0. The van der Waals surface area contributed by atoms with Crippen molar-refractivity contribution in [2.24, 2.45) is 5.92 Å². The summed E-state index contributed by atoms with van der Waals surface area (Å²) in [6, 6.07) is 8.49. The highest BCUT2D eigenvalue weighted by atomic mass is 35.5. The zero-order chi connectivity index (χ0) is 26.1. The predicted octanol–water partition coefficient (Wildman–Crippen LogP) is 4.30. The van der Waals surface area contributed by atoms with Crippen molar-refractivity contribution in [1.82, 2.24) is 20.0 Å². The molecule has 1 saturated heterocycles. The number of benzene rings is 1. The molecule has 37 heavy (non-hydrogen) atoms. The van der Waals surface area contributed by atoms with Gasteiger partial charge in [-0.2, -0.15) is 5.10 Å². The summed E-state index contributed by atoms with van der Waals surface area (Å²) in [4.78, 5) is 2.31. The highest BCUT2D eigenvalue weighted by molar-refractivity contribution is 6.30. The quantitative estimate of drug-likeness (QED) is 0.281. The van der Waals surface area contributed by atoms with E-state index in [1.54, 1.807) is 6.20 Å². The van der Waals surface area contributed by atoms with Crippen molar-refractivity contribution in [3.8, 4) is 0 Å². The van der Waals surface area contributed by atoms with Gasteiger partial charge in [0.05, 0.1) is 37.1 Å². The molecule has 1 aliphatic carbocycles. The molecule has 0 saturated carbocycles. The van der Waals surface area contributed by atoms with Gasteiger partial charge in [-0.05, 0) is 55.5 Å². The zero-order valence-electron chi connectivity index (χ0n) is 22.1. The van der Waals surface area contributed by atoms with Crippen molar-refractivity contribution in [2.45, 2.75) is 51.5 Å². The van der Waals surface area contributed by atoms with Crippen LogP contribution in [0.2, 0.25) is 5.02 Å². The van der Waals surface area contributed by atoms with Crippen LogP contribution in [0, 0.1) is 12.8 Å². The fourth-order valence-electron chi connectivity index (χ4n) is 5.14. The lowest BCUT2D eigenvalue weighted by molar-refractivity contribution is -0.223. The average molecular weight is 529 g/mol. The van der Waals surface area contributed by atoms with Gasteiger partial charge in [-0.3, -0.25) is 4.68 Å². The van der Waals surface area contributed by atoms with Crippen molar-refractivity contribution in [3.05, 3.63) is 71.0 Å². The van der Waals surface area contributed by atoms with Crippen LogP contribution in [0.15, 0.2) is 54.9 Å². The van der Waals surface area contributed by atoms with E-state index in [1.165, 1.54) is 16.7 Å². The van der Waals surface area contributed by atoms with Crippen LogP contribution in [0.5, 0.6) is 0 Å². The van der Waals surface area contributed by atoms with E-state index in [2.05, 4.69) is 71.7 Å². The normalized spacial score (nSPS) is 24.1. The summed E-state index contributed by atoms with van der Waals surface area (Å²) >= 11 is 5.93. The maximum atomic E-state index is 9.81. The molecule has 1 fully saturated rings. The van der Waals surface area contributed by atoms with Gasteiger partial charge in [0.1, 0.15) is 0 Å².